The summed E-state index contributed by atoms with van der Waals surface area (Å²) in [6.45, 7) is 3.45. The molecule has 100 valence electrons. The van der Waals surface area contributed by atoms with Crippen LogP contribution in [0.5, 0.6) is 5.75 Å². The summed E-state index contributed by atoms with van der Waals surface area (Å²) in [7, 11) is 0. The molecule has 0 saturated heterocycles. The molecule has 0 saturated carbocycles. The first-order valence-electron chi connectivity index (χ1n) is 5.34. The third kappa shape index (κ3) is 2.40. The van der Waals surface area contributed by atoms with Gasteiger partial charge in [0.1, 0.15) is 5.75 Å². The number of hydrogen-bond donors (Lipinski definition) is 0. The Morgan fingerprint density at radius 1 is 1.11 bits per heavy atom. The van der Waals surface area contributed by atoms with Gasteiger partial charge in [0.15, 0.2) is 0 Å². The van der Waals surface area contributed by atoms with Crippen LogP contribution in [0.3, 0.4) is 0 Å². The van der Waals surface area contributed by atoms with E-state index in [-0.39, 0.29) is 5.52 Å². The summed E-state index contributed by atoms with van der Waals surface area (Å²) in [5, 5.41) is 25.1. The molecule has 0 spiro atoms. The van der Waals surface area contributed by atoms with E-state index < -0.39 is 0 Å². The van der Waals surface area contributed by atoms with Crippen LogP contribution in [0.15, 0.2) is 31.0 Å². The lowest BCUT2D eigenvalue weighted by Gasteiger charge is -2.11. The molecule has 1 aromatic heterocycles. The minimum atomic E-state index is 0.258. The van der Waals surface area contributed by atoms with E-state index in [1.807, 2.05) is 0 Å². The molecule has 1 heterocycles. The fourth-order valence-electron chi connectivity index (χ4n) is 1.80. The summed E-state index contributed by atoms with van der Waals surface area (Å²) >= 11 is 6.46. The molecule has 0 bridgehead atoms. The van der Waals surface area contributed by atoms with Gasteiger partial charge in [-0.2, -0.15) is 9.46 Å². The Morgan fingerprint density at radius 2 is 1.68 bits per heavy atom. The summed E-state index contributed by atoms with van der Waals surface area (Å²) in [6.07, 6.45) is 1.26. The van der Waals surface area contributed by atoms with E-state index in [2.05, 4.69) is 38.4 Å². The van der Waals surface area contributed by atoms with Gasteiger partial charge in [0.25, 0.3) is 22.4 Å². The number of aromatic nitrogens is 2. The van der Waals surface area contributed by atoms with E-state index in [1.165, 1.54) is 12.3 Å². The molecule has 0 aliphatic carbocycles. The zero-order valence-corrected chi connectivity index (χ0v) is 13.0. The van der Waals surface area contributed by atoms with Crippen LogP contribution in [0.2, 0.25) is 0 Å². The minimum Gasteiger partial charge on any atom is -0.618 e. The van der Waals surface area contributed by atoms with Gasteiger partial charge >= 0.3 is 0 Å². The van der Waals surface area contributed by atoms with Crippen LogP contribution < -0.4 is 14.2 Å². The molecule has 2 aromatic rings. The van der Waals surface area contributed by atoms with E-state index in [4.69, 9.17) is 4.74 Å². The van der Waals surface area contributed by atoms with Crippen LogP contribution in [0.4, 0.5) is 0 Å². The van der Waals surface area contributed by atoms with E-state index in [0.717, 1.165) is 9.46 Å². The largest absolute Gasteiger partial charge is 0.618 e. The van der Waals surface area contributed by atoms with E-state index in [1.54, 1.807) is 12.1 Å². The van der Waals surface area contributed by atoms with Crippen molar-refractivity contribution < 1.29 is 14.2 Å². The fourth-order valence-corrected chi connectivity index (χ4v) is 2.90. The molecule has 0 N–H and O–H groups in total. The molecule has 2 rings (SSSR count). The van der Waals surface area contributed by atoms with Gasteiger partial charge in [-0.3, -0.25) is 0 Å². The lowest BCUT2D eigenvalue weighted by atomic mass is 10.2. The van der Waals surface area contributed by atoms with Crippen molar-refractivity contribution in [2.24, 2.45) is 0 Å². The van der Waals surface area contributed by atoms with Crippen molar-refractivity contribution in [3.05, 3.63) is 52.8 Å². The first-order chi connectivity index (χ1) is 9.13. The highest BCUT2D eigenvalue weighted by atomic mass is 79.9. The van der Waals surface area contributed by atoms with Gasteiger partial charge in [-0.05, 0) is 6.07 Å². The standard InChI is InChI=1S/C12H10Br2N2O3/c1-2-19-8-3-4-9-10(5-8)16(18)12(7-14)11(6-13)15(9)17/h2-5H,1,6-7H2. The molecule has 7 heteroatoms. The first-order valence-corrected chi connectivity index (χ1v) is 7.58. The maximum Gasteiger partial charge on any atom is 0.294 e. The summed E-state index contributed by atoms with van der Waals surface area (Å²) in [5.74, 6) is 0.458. The molecule has 19 heavy (non-hydrogen) atoms. The average Bonchev–Trinajstić information content (AvgIpc) is 2.42. The number of halogens is 2. The molecule has 5 nitrogen and oxygen atoms in total. The smallest absolute Gasteiger partial charge is 0.294 e. The second-order valence-corrected chi connectivity index (χ2v) is 4.81. The number of rotatable bonds is 4. The van der Waals surface area contributed by atoms with Gasteiger partial charge < -0.3 is 15.2 Å². The second kappa shape index (κ2) is 5.75. The average molecular weight is 390 g/mol. The lowest BCUT2D eigenvalue weighted by Crippen LogP contribution is -2.45. The highest BCUT2D eigenvalue weighted by Gasteiger charge is 2.26. The van der Waals surface area contributed by atoms with E-state index in [9.17, 15) is 10.4 Å². The van der Waals surface area contributed by atoms with Crippen LogP contribution >= 0.6 is 31.9 Å². The Hall–Kier alpha value is -1.34. The molecule has 0 aliphatic rings. The molecular weight excluding hydrogens is 380 g/mol. The SMILES string of the molecule is C=COc1ccc2c(c1)[n+]([O-])c(CBr)c(CBr)[n+]2[O-]. The second-order valence-electron chi connectivity index (χ2n) is 3.68. The number of benzene rings is 1. The van der Waals surface area contributed by atoms with Crippen LogP contribution in [0.25, 0.3) is 11.0 Å². The van der Waals surface area contributed by atoms with Gasteiger partial charge in [-0.1, -0.05) is 38.4 Å². The highest BCUT2D eigenvalue weighted by Crippen LogP contribution is 2.19. The number of hydrogen-bond acceptors (Lipinski definition) is 3. The Balaban J connectivity index is 2.81. The van der Waals surface area contributed by atoms with Crippen molar-refractivity contribution in [2.45, 2.75) is 10.7 Å². The van der Waals surface area contributed by atoms with Crippen LogP contribution in [0, 0.1) is 10.4 Å². The predicted molar refractivity (Wildman–Crippen MR) is 78.0 cm³/mol. The number of fused-ring (bicyclic) bond motifs is 1. The van der Waals surface area contributed by atoms with Gasteiger partial charge in [0.2, 0.25) is 0 Å². The zero-order valence-electron chi connectivity index (χ0n) is 9.81. The summed E-state index contributed by atoms with van der Waals surface area (Å²) in [6, 6.07) is 4.69. The topological polar surface area (TPSA) is 63.1 Å². The number of alkyl halides is 2. The zero-order chi connectivity index (χ0) is 14.0. The van der Waals surface area contributed by atoms with Crippen LogP contribution in [-0.4, -0.2) is 0 Å². The summed E-state index contributed by atoms with van der Waals surface area (Å²) in [4.78, 5) is 0. The number of ether oxygens (including phenoxy) is 1. The Bertz CT molecular complexity index is 647. The number of nitrogens with zero attached hydrogens (tertiary/aromatic N) is 2. The van der Waals surface area contributed by atoms with Crippen molar-refractivity contribution >= 4 is 42.9 Å². The maximum absolute atomic E-state index is 12.3. The quantitative estimate of drug-likeness (QED) is 0.349. The van der Waals surface area contributed by atoms with Crippen molar-refractivity contribution in [3.63, 3.8) is 0 Å². The summed E-state index contributed by atoms with van der Waals surface area (Å²) in [5.41, 5.74) is 1.31. The monoisotopic (exact) mass is 388 g/mol. The van der Waals surface area contributed by atoms with Crippen LogP contribution in [0.1, 0.15) is 11.4 Å². The van der Waals surface area contributed by atoms with E-state index >= 15 is 0 Å². The molecular formula is C12H10Br2N2O3. The van der Waals surface area contributed by atoms with Gasteiger partial charge in [0, 0.05) is 6.07 Å². The molecule has 0 aliphatic heterocycles. The highest BCUT2D eigenvalue weighted by molar-refractivity contribution is 9.09. The first kappa shape index (κ1) is 14.1. The molecule has 0 amide bonds. The Morgan fingerprint density at radius 3 is 2.21 bits per heavy atom. The molecule has 0 atom stereocenters. The van der Waals surface area contributed by atoms with Crippen molar-refractivity contribution in [3.8, 4) is 5.75 Å². The third-order valence-electron chi connectivity index (χ3n) is 2.68. The van der Waals surface area contributed by atoms with E-state index in [0.29, 0.717) is 33.3 Å². The Labute approximate surface area is 126 Å². The normalized spacial score (nSPS) is 10.6. The molecule has 0 fully saturated rings. The van der Waals surface area contributed by atoms with Crippen LogP contribution in [-0.2, 0) is 10.7 Å². The van der Waals surface area contributed by atoms with Gasteiger partial charge in [0.05, 0.1) is 23.0 Å². The summed E-state index contributed by atoms with van der Waals surface area (Å²) < 4.78 is 6.62. The minimum absolute atomic E-state index is 0.258. The lowest BCUT2D eigenvalue weighted by molar-refractivity contribution is -0.638. The predicted octanol–water partition coefficient (Wildman–Crippen LogP) is 2.42. The van der Waals surface area contributed by atoms with Gasteiger partial charge in [-0.25, -0.2) is 0 Å². The fraction of sp³-hybridized carbons (Fsp3) is 0.167. The van der Waals surface area contributed by atoms with Crippen molar-refractivity contribution in [1.29, 1.82) is 0 Å². The molecule has 0 radical (unpaired) electrons. The third-order valence-corrected chi connectivity index (χ3v) is 3.74. The van der Waals surface area contributed by atoms with Crippen molar-refractivity contribution in [2.75, 3.05) is 0 Å². The van der Waals surface area contributed by atoms with Gasteiger partial charge in [-0.15, -0.1) is 0 Å². The Kier molecular flexibility index (Phi) is 4.26. The van der Waals surface area contributed by atoms with Crippen molar-refractivity contribution in [1.82, 2.24) is 0 Å². The molecule has 0 unspecified atom stereocenters. The molecule has 1 aromatic carbocycles. The maximum atomic E-state index is 12.3.